The van der Waals surface area contributed by atoms with Gasteiger partial charge < -0.3 is 9.90 Å². The molecule has 1 atom stereocenters. The van der Waals surface area contributed by atoms with E-state index in [9.17, 15) is 4.79 Å². The highest BCUT2D eigenvalue weighted by atomic mass is 16.3. The number of terminal acetylenes is 1. The highest BCUT2D eigenvalue weighted by molar-refractivity contribution is 5.55. The Morgan fingerprint density at radius 2 is 2.44 bits per heavy atom. The molecule has 0 spiro atoms. The Morgan fingerprint density at radius 3 is 2.89 bits per heavy atom. The van der Waals surface area contributed by atoms with E-state index in [4.69, 9.17) is 11.5 Å². The molecular weight excluding hydrogens is 116 g/mol. The Hall–Kier alpha value is -0.810. The molecule has 50 valence electrons. The van der Waals surface area contributed by atoms with Gasteiger partial charge in [-0.2, -0.15) is 0 Å². The zero-order chi connectivity index (χ0) is 7.11. The Bertz CT molecular complexity index is 113. The molecule has 0 aromatic carbocycles. The molecule has 0 bridgehead atoms. The van der Waals surface area contributed by atoms with Crippen LogP contribution in [0.3, 0.4) is 0 Å². The van der Waals surface area contributed by atoms with Crippen molar-refractivity contribution < 1.29 is 9.90 Å². The summed E-state index contributed by atoms with van der Waals surface area (Å²) in [6.07, 6.45) is 6.47. The summed E-state index contributed by atoms with van der Waals surface area (Å²) < 4.78 is 0. The average Bonchev–Trinajstić information content (AvgIpc) is 1.89. The first kappa shape index (κ1) is 8.19. The van der Waals surface area contributed by atoms with Crippen molar-refractivity contribution in [3.63, 3.8) is 0 Å². The first-order chi connectivity index (χ1) is 4.31. The Balaban J connectivity index is 3.08. The standard InChI is InChI=1S/C7H10O2/c1-2-3-4-5-7(9)6-8/h1,6-7,9H,3-5H2. The maximum absolute atomic E-state index is 9.80. The number of aliphatic hydroxyl groups excluding tert-OH is 1. The fourth-order valence-corrected chi connectivity index (χ4v) is 0.481. The van der Waals surface area contributed by atoms with Crippen molar-refractivity contribution in [1.29, 1.82) is 0 Å². The van der Waals surface area contributed by atoms with Crippen LogP contribution in [0.2, 0.25) is 0 Å². The topological polar surface area (TPSA) is 37.3 Å². The van der Waals surface area contributed by atoms with E-state index in [0.717, 1.165) is 6.42 Å². The van der Waals surface area contributed by atoms with Crippen molar-refractivity contribution >= 4 is 6.29 Å². The molecule has 2 heteroatoms. The predicted octanol–water partition coefficient (Wildman–Crippen LogP) is 0.350. The van der Waals surface area contributed by atoms with Crippen molar-refractivity contribution in [2.75, 3.05) is 0 Å². The van der Waals surface area contributed by atoms with Gasteiger partial charge in [0, 0.05) is 6.42 Å². The Morgan fingerprint density at radius 1 is 1.78 bits per heavy atom. The van der Waals surface area contributed by atoms with E-state index >= 15 is 0 Å². The SMILES string of the molecule is C#CCCCC(O)C=O. The lowest BCUT2D eigenvalue weighted by atomic mass is 10.2. The normalized spacial score (nSPS) is 12.0. The van der Waals surface area contributed by atoms with Crippen molar-refractivity contribution in [2.45, 2.75) is 25.4 Å². The summed E-state index contributed by atoms with van der Waals surface area (Å²) in [5.41, 5.74) is 0. The monoisotopic (exact) mass is 126 g/mol. The van der Waals surface area contributed by atoms with Gasteiger partial charge in [0.15, 0.2) is 0 Å². The van der Waals surface area contributed by atoms with E-state index in [2.05, 4.69) is 5.92 Å². The van der Waals surface area contributed by atoms with Gasteiger partial charge in [-0.05, 0) is 12.8 Å². The molecule has 0 heterocycles. The Kier molecular flexibility index (Phi) is 4.85. The van der Waals surface area contributed by atoms with Crippen LogP contribution in [0, 0.1) is 12.3 Å². The van der Waals surface area contributed by atoms with Crippen LogP contribution in [-0.2, 0) is 4.79 Å². The third kappa shape index (κ3) is 5.05. The second-order valence-electron chi connectivity index (χ2n) is 1.80. The molecule has 1 N–H and O–H groups in total. The highest BCUT2D eigenvalue weighted by Crippen LogP contribution is 1.96. The van der Waals surface area contributed by atoms with Crippen molar-refractivity contribution in [3.05, 3.63) is 0 Å². The minimum absolute atomic E-state index is 0.480. The number of rotatable bonds is 4. The van der Waals surface area contributed by atoms with Crippen LogP contribution in [0.5, 0.6) is 0 Å². The molecule has 0 aliphatic carbocycles. The molecule has 0 saturated carbocycles. The van der Waals surface area contributed by atoms with Crippen LogP contribution in [0.4, 0.5) is 0 Å². The van der Waals surface area contributed by atoms with Crippen LogP contribution in [0.25, 0.3) is 0 Å². The molecule has 9 heavy (non-hydrogen) atoms. The zero-order valence-corrected chi connectivity index (χ0v) is 5.21. The van der Waals surface area contributed by atoms with E-state index in [1.807, 2.05) is 0 Å². The summed E-state index contributed by atoms with van der Waals surface area (Å²) in [4.78, 5) is 9.80. The third-order valence-electron chi connectivity index (χ3n) is 0.978. The average molecular weight is 126 g/mol. The lowest BCUT2D eigenvalue weighted by molar-refractivity contribution is -0.115. The molecular formula is C7H10O2. The molecule has 0 aromatic heterocycles. The smallest absolute Gasteiger partial charge is 0.148 e. The molecule has 0 radical (unpaired) electrons. The second-order valence-corrected chi connectivity index (χ2v) is 1.80. The summed E-state index contributed by atoms with van der Waals surface area (Å²) in [5.74, 6) is 2.42. The first-order valence-electron chi connectivity index (χ1n) is 2.88. The zero-order valence-electron chi connectivity index (χ0n) is 5.21. The summed E-state index contributed by atoms with van der Waals surface area (Å²) in [5, 5.41) is 8.65. The van der Waals surface area contributed by atoms with Crippen molar-refractivity contribution in [1.82, 2.24) is 0 Å². The number of unbranched alkanes of at least 4 members (excludes halogenated alkanes) is 1. The van der Waals surface area contributed by atoms with Crippen molar-refractivity contribution in [2.24, 2.45) is 0 Å². The van der Waals surface area contributed by atoms with E-state index in [1.165, 1.54) is 0 Å². The van der Waals surface area contributed by atoms with Gasteiger partial charge in [-0.25, -0.2) is 0 Å². The van der Waals surface area contributed by atoms with Gasteiger partial charge in [-0.15, -0.1) is 12.3 Å². The molecule has 0 fully saturated rings. The largest absolute Gasteiger partial charge is 0.386 e. The number of hydrogen-bond donors (Lipinski definition) is 1. The molecule has 2 nitrogen and oxygen atoms in total. The molecule has 0 saturated heterocycles. The predicted molar refractivity (Wildman–Crippen MR) is 34.8 cm³/mol. The number of aliphatic hydroxyl groups is 1. The third-order valence-corrected chi connectivity index (χ3v) is 0.978. The van der Waals surface area contributed by atoms with Gasteiger partial charge in [0.2, 0.25) is 0 Å². The Labute approximate surface area is 54.9 Å². The second kappa shape index (κ2) is 5.33. The van der Waals surface area contributed by atoms with Gasteiger partial charge in [-0.3, -0.25) is 0 Å². The fourth-order valence-electron chi connectivity index (χ4n) is 0.481. The number of hydrogen-bond acceptors (Lipinski definition) is 2. The van der Waals surface area contributed by atoms with E-state index < -0.39 is 6.10 Å². The van der Waals surface area contributed by atoms with Gasteiger partial charge in [-0.1, -0.05) is 0 Å². The van der Waals surface area contributed by atoms with E-state index in [-0.39, 0.29) is 0 Å². The lowest BCUT2D eigenvalue weighted by Gasteiger charge is -1.97. The number of carbonyl (C=O) groups excluding carboxylic acids is 1. The quantitative estimate of drug-likeness (QED) is 0.335. The van der Waals surface area contributed by atoms with Gasteiger partial charge >= 0.3 is 0 Å². The fraction of sp³-hybridized carbons (Fsp3) is 0.571. The van der Waals surface area contributed by atoms with Crippen LogP contribution in [-0.4, -0.2) is 17.5 Å². The lowest BCUT2D eigenvalue weighted by Crippen LogP contribution is -2.06. The molecule has 0 amide bonds. The van der Waals surface area contributed by atoms with E-state index in [0.29, 0.717) is 19.1 Å². The highest BCUT2D eigenvalue weighted by Gasteiger charge is 1.97. The number of carbonyl (C=O) groups is 1. The van der Waals surface area contributed by atoms with Crippen LogP contribution < -0.4 is 0 Å². The minimum Gasteiger partial charge on any atom is -0.386 e. The molecule has 0 aliphatic rings. The summed E-state index contributed by atoms with van der Waals surface area (Å²) >= 11 is 0. The van der Waals surface area contributed by atoms with Crippen LogP contribution >= 0.6 is 0 Å². The molecule has 1 unspecified atom stereocenters. The maximum atomic E-state index is 9.80. The molecule has 0 rings (SSSR count). The summed E-state index contributed by atoms with van der Waals surface area (Å²) in [7, 11) is 0. The van der Waals surface area contributed by atoms with Gasteiger partial charge in [0.05, 0.1) is 0 Å². The van der Waals surface area contributed by atoms with Gasteiger partial charge in [0.1, 0.15) is 12.4 Å². The number of aldehydes is 1. The van der Waals surface area contributed by atoms with Crippen molar-refractivity contribution in [3.8, 4) is 12.3 Å². The summed E-state index contributed by atoms with van der Waals surface area (Å²) in [6.45, 7) is 0. The summed E-state index contributed by atoms with van der Waals surface area (Å²) in [6, 6.07) is 0. The van der Waals surface area contributed by atoms with Crippen LogP contribution in [0.1, 0.15) is 19.3 Å². The molecule has 0 aromatic rings. The maximum Gasteiger partial charge on any atom is 0.148 e. The minimum atomic E-state index is -0.821. The van der Waals surface area contributed by atoms with E-state index in [1.54, 1.807) is 0 Å². The molecule has 0 aliphatic heterocycles. The first-order valence-corrected chi connectivity index (χ1v) is 2.88. The van der Waals surface area contributed by atoms with Gasteiger partial charge in [0.25, 0.3) is 0 Å². The van der Waals surface area contributed by atoms with Crippen LogP contribution in [0.15, 0.2) is 0 Å².